The summed E-state index contributed by atoms with van der Waals surface area (Å²) in [4.78, 5) is 24.4. The fourth-order valence-corrected chi connectivity index (χ4v) is 2.67. The molecule has 7 heteroatoms. The van der Waals surface area contributed by atoms with Gasteiger partial charge >= 0.3 is 5.97 Å². The second-order valence-electron chi connectivity index (χ2n) is 5.75. The summed E-state index contributed by atoms with van der Waals surface area (Å²) in [5.41, 5.74) is 0.383. The average Bonchev–Trinajstić information content (AvgIpc) is 2.71. The molecule has 0 spiro atoms. The van der Waals surface area contributed by atoms with Gasteiger partial charge in [-0.05, 0) is 30.3 Å². The number of ether oxygens (including phenoxy) is 5. The van der Waals surface area contributed by atoms with Crippen molar-refractivity contribution in [3.63, 3.8) is 0 Å². The third-order valence-electron chi connectivity index (χ3n) is 3.98. The molecule has 0 aliphatic carbocycles. The summed E-state index contributed by atoms with van der Waals surface area (Å²) in [5, 5.41) is 0. The lowest BCUT2D eigenvalue weighted by Crippen LogP contribution is -2.38. The number of esters is 1. The first-order valence-corrected chi connectivity index (χ1v) is 8.19. The molecule has 4 rings (SSSR count). The Bertz CT molecular complexity index is 846. The van der Waals surface area contributed by atoms with Gasteiger partial charge in [-0.2, -0.15) is 0 Å². The SMILES string of the molecule is O=C(COC(=O)[C@H]1COc2ccccc2O1)c1ccc2c(c1)OCCO2. The van der Waals surface area contributed by atoms with Crippen molar-refractivity contribution in [2.75, 3.05) is 26.4 Å². The fourth-order valence-electron chi connectivity index (χ4n) is 2.67. The standard InChI is InChI=1S/C19H16O7/c20-13(12-5-6-15-17(9-12)23-8-7-22-15)10-25-19(21)18-11-24-14-3-1-2-4-16(14)26-18/h1-6,9,18H,7-8,10-11H2/t18-/m1/s1. The van der Waals surface area contributed by atoms with E-state index in [9.17, 15) is 9.59 Å². The number of fused-ring (bicyclic) bond motifs is 2. The van der Waals surface area contributed by atoms with E-state index < -0.39 is 12.1 Å². The Labute approximate surface area is 149 Å². The minimum Gasteiger partial charge on any atom is -0.486 e. The van der Waals surface area contributed by atoms with Crippen LogP contribution in [0, 0.1) is 0 Å². The van der Waals surface area contributed by atoms with E-state index in [1.54, 1.807) is 36.4 Å². The lowest BCUT2D eigenvalue weighted by molar-refractivity contribution is -0.153. The molecule has 1 atom stereocenters. The molecular weight excluding hydrogens is 340 g/mol. The number of hydrogen-bond donors (Lipinski definition) is 0. The summed E-state index contributed by atoms with van der Waals surface area (Å²) >= 11 is 0. The molecule has 0 saturated carbocycles. The van der Waals surface area contributed by atoms with Gasteiger partial charge in [0.15, 0.2) is 35.4 Å². The summed E-state index contributed by atoms with van der Waals surface area (Å²) in [7, 11) is 0. The Balaban J connectivity index is 1.35. The number of carbonyl (C=O) groups is 2. The topological polar surface area (TPSA) is 80.3 Å². The molecule has 0 radical (unpaired) electrons. The fraction of sp³-hybridized carbons (Fsp3) is 0.263. The van der Waals surface area contributed by atoms with Crippen molar-refractivity contribution in [2.24, 2.45) is 0 Å². The minimum absolute atomic E-state index is 0.0358. The highest BCUT2D eigenvalue weighted by molar-refractivity contribution is 5.98. The highest BCUT2D eigenvalue weighted by Crippen LogP contribution is 2.32. The molecule has 2 aromatic rings. The molecule has 0 unspecified atom stereocenters. The van der Waals surface area contributed by atoms with E-state index in [0.717, 1.165) is 0 Å². The maximum atomic E-state index is 12.3. The van der Waals surface area contributed by atoms with Crippen LogP contribution in [-0.4, -0.2) is 44.3 Å². The number of ketones is 1. The highest BCUT2D eigenvalue weighted by Gasteiger charge is 2.29. The Morgan fingerprint density at radius 3 is 2.50 bits per heavy atom. The van der Waals surface area contributed by atoms with Gasteiger partial charge in [-0.25, -0.2) is 4.79 Å². The zero-order valence-corrected chi connectivity index (χ0v) is 13.8. The summed E-state index contributed by atoms with van der Waals surface area (Å²) < 4.78 is 27.0. The quantitative estimate of drug-likeness (QED) is 0.612. The number of benzene rings is 2. The Morgan fingerprint density at radius 2 is 1.65 bits per heavy atom. The summed E-state index contributed by atoms with van der Waals surface area (Å²) in [6, 6.07) is 11.9. The molecule has 2 aliphatic rings. The van der Waals surface area contributed by atoms with Gasteiger partial charge in [-0.1, -0.05) is 12.1 Å². The third-order valence-corrected chi connectivity index (χ3v) is 3.98. The van der Waals surface area contributed by atoms with Crippen molar-refractivity contribution in [2.45, 2.75) is 6.10 Å². The average molecular weight is 356 g/mol. The van der Waals surface area contributed by atoms with Gasteiger partial charge < -0.3 is 23.7 Å². The minimum atomic E-state index is -0.905. The Morgan fingerprint density at radius 1 is 0.923 bits per heavy atom. The van der Waals surface area contributed by atoms with Crippen LogP contribution >= 0.6 is 0 Å². The molecule has 0 N–H and O–H groups in total. The van der Waals surface area contributed by atoms with Crippen molar-refractivity contribution in [3.05, 3.63) is 48.0 Å². The van der Waals surface area contributed by atoms with Crippen LogP contribution < -0.4 is 18.9 Å². The number of carbonyl (C=O) groups excluding carboxylic acids is 2. The predicted molar refractivity (Wildman–Crippen MR) is 89.1 cm³/mol. The van der Waals surface area contributed by atoms with Crippen LogP contribution in [0.4, 0.5) is 0 Å². The first-order valence-electron chi connectivity index (χ1n) is 8.19. The van der Waals surface area contributed by atoms with Crippen LogP contribution in [0.5, 0.6) is 23.0 Å². The number of hydrogen-bond acceptors (Lipinski definition) is 7. The number of Topliss-reactive ketones (excluding diaryl/α,β-unsaturated/α-hetero) is 1. The van der Waals surface area contributed by atoms with Gasteiger partial charge in [0.2, 0.25) is 6.10 Å². The van der Waals surface area contributed by atoms with E-state index >= 15 is 0 Å². The molecule has 0 fully saturated rings. The summed E-state index contributed by atoms with van der Waals surface area (Å²) in [5.74, 6) is 1.16. The van der Waals surface area contributed by atoms with Crippen LogP contribution in [0.1, 0.15) is 10.4 Å². The van der Waals surface area contributed by atoms with Gasteiger partial charge in [-0.15, -0.1) is 0 Å². The summed E-state index contributed by atoms with van der Waals surface area (Å²) in [6.07, 6.45) is -0.905. The van der Waals surface area contributed by atoms with Crippen molar-refractivity contribution in [3.8, 4) is 23.0 Å². The molecule has 7 nitrogen and oxygen atoms in total. The van der Waals surface area contributed by atoms with Gasteiger partial charge in [0.05, 0.1) is 0 Å². The first kappa shape index (κ1) is 16.3. The first-order chi connectivity index (χ1) is 12.7. The Kier molecular flexibility index (Phi) is 4.35. The van der Waals surface area contributed by atoms with E-state index in [-0.39, 0.29) is 19.0 Å². The maximum absolute atomic E-state index is 12.3. The normalized spacial score (nSPS) is 17.3. The zero-order valence-electron chi connectivity index (χ0n) is 13.8. The van der Waals surface area contributed by atoms with Crippen LogP contribution in [0.15, 0.2) is 42.5 Å². The van der Waals surface area contributed by atoms with E-state index in [2.05, 4.69) is 0 Å². The molecular formula is C19H16O7. The molecule has 26 heavy (non-hydrogen) atoms. The molecule has 2 heterocycles. The summed E-state index contributed by atoms with van der Waals surface area (Å²) in [6.45, 7) is 0.554. The molecule has 0 aromatic heterocycles. The van der Waals surface area contributed by atoms with Gasteiger partial charge in [0.25, 0.3) is 0 Å². The second kappa shape index (κ2) is 6.95. The van der Waals surface area contributed by atoms with Gasteiger partial charge in [0.1, 0.15) is 19.8 Å². The van der Waals surface area contributed by atoms with Crippen molar-refractivity contribution >= 4 is 11.8 Å². The molecule has 0 amide bonds. The molecule has 2 aromatic carbocycles. The maximum Gasteiger partial charge on any atom is 0.351 e. The number of para-hydroxylation sites is 2. The van der Waals surface area contributed by atoms with E-state index in [4.69, 9.17) is 23.7 Å². The molecule has 134 valence electrons. The van der Waals surface area contributed by atoms with E-state index in [1.165, 1.54) is 0 Å². The Hall–Kier alpha value is -3.22. The van der Waals surface area contributed by atoms with Crippen LogP contribution in [0.2, 0.25) is 0 Å². The van der Waals surface area contributed by atoms with E-state index in [0.29, 0.717) is 41.8 Å². The third kappa shape index (κ3) is 3.28. The van der Waals surface area contributed by atoms with E-state index in [1.807, 2.05) is 6.07 Å². The van der Waals surface area contributed by atoms with Crippen LogP contribution in [-0.2, 0) is 9.53 Å². The van der Waals surface area contributed by atoms with Crippen molar-refractivity contribution in [1.82, 2.24) is 0 Å². The monoisotopic (exact) mass is 356 g/mol. The lowest BCUT2D eigenvalue weighted by atomic mass is 10.1. The molecule has 0 bridgehead atoms. The zero-order chi connectivity index (χ0) is 17.9. The lowest BCUT2D eigenvalue weighted by Gasteiger charge is -2.24. The largest absolute Gasteiger partial charge is 0.486 e. The smallest absolute Gasteiger partial charge is 0.351 e. The van der Waals surface area contributed by atoms with Gasteiger partial charge in [-0.3, -0.25) is 4.79 Å². The number of rotatable bonds is 4. The van der Waals surface area contributed by atoms with Gasteiger partial charge in [0, 0.05) is 5.56 Å². The van der Waals surface area contributed by atoms with Crippen LogP contribution in [0.3, 0.4) is 0 Å². The molecule has 2 aliphatic heterocycles. The van der Waals surface area contributed by atoms with Crippen LogP contribution in [0.25, 0.3) is 0 Å². The second-order valence-corrected chi connectivity index (χ2v) is 5.75. The highest BCUT2D eigenvalue weighted by atomic mass is 16.6. The van der Waals surface area contributed by atoms with Crippen molar-refractivity contribution in [1.29, 1.82) is 0 Å². The van der Waals surface area contributed by atoms with Crippen molar-refractivity contribution < 1.29 is 33.3 Å². The molecule has 0 saturated heterocycles. The predicted octanol–water partition coefficient (Wildman–Crippen LogP) is 2.02.